The van der Waals surface area contributed by atoms with Gasteiger partial charge in [-0.25, -0.2) is 0 Å². The Morgan fingerprint density at radius 2 is 1.68 bits per heavy atom. The average Bonchev–Trinajstić information content (AvgIpc) is 2.48. The Morgan fingerprint density at radius 1 is 1.11 bits per heavy atom. The van der Waals surface area contributed by atoms with Crippen LogP contribution >= 0.6 is 0 Å². The van der Waals surface area contributed by atoms with Crippen LogP contribution in [-0.4, -0.2) is 33.5 Å². The van der Waals surface area contributed by atoms with Crippen molar-refractivity contribution < 1.29 is 19.7 Å². The maximum Gasteiger partial charge on any atom is 0.303 e. The molecule has 2 N–H and O–H groups in total. The molecule has 19 heavy (non-hydrogen) atoms. The van der Waals surface area contributed by atoms with E-state index >= 15 is 0 Å². The number of carbonyl (C=O) groups excluding carboxylic acids is 1. The molecule has 0 unspecified atom stereocenters. The molecule has 3 rings (SSSR count). The van der Waals surface area contributed by atoms with Crippen LogP contribution in [0.5, 0.6) is 0 Å². The molecule has 5 atom stereocenters. The summed E-state index contributed by atoms with van der Waals surface area (Å²) in [6.07, 6.45) is 6.61. The first-order valence-corrected chi connectivity index (χ1v) is 7.62. The third kappa shape index (κ3) is 1.69. The minimum atomic E-state index is -1.02. The number of carbonyl (C=O) groups is 1. The van der Waals surface area contributed by atoms with E-state index in [0.29, 0.717) is 6.42 Å². The molecule has 0 amide bonds. The third-order valence-electron chi connectivity index (χ3n) is 5.69. The van der Waals surface area contributed by atoms with Crippen molar-refractivity contribution in [3.8, 4) is 0 Å². The number of fused-ring (bicyclic) bond motifs is 4. The first kappa shape index (κ1) is 13.4. The van der Waals surface area contributed by atoms with Gasteiger partial charge in [-0.1, -0.05) is 19.3 Å². The molecule has 3 fully saturated rings. The van der Waals surface area contributed by atoms with E-state index in [0.717, 1.165) is 44.9 Å². The summed E-state index contributed by atoms with van der Waals surface area (Å²) in [7, 11) is 0. The van der Waals surface area contributed by atoms with Crippen LogP contribution in [0.3, 0.4) is 0 Å². The summed E-state index contributed by atoms with van der Waals surface area (Å²) < 4.78 is 5.71. The van der Waals surface area contributed by atoms with Crippen molar-refractivity contribution in [3.05, 3.63) is 0 Å². The van der Waals surface area contributed by atoms with Gasteiger partial charge in [0.25, 0.3) is 0 Å². The molecular formula is C15H24O4. The highest BCUT2D eigenvalue weighted by Crippen LogP contribution is 2.64. The second-order valence-electron chi connectivity index (χ2n) is 6.59. The van der Waals surface area contributed by atoms with Crippen molar-refractivity contribution in [2.45, 2.75) is 75.6 Å². The summed E-state index contributed by atoms with van der Waals surface area (Å²) in [4.78, 5) is 11.5. The zero-order chi connectivity index (χ0) is 13.7. The van der Waals surface area contributed by atoms with Gasteiger partial charge in [0, 0.05) is 18.8 Å². The van der Waals surface area contributed by atoms with Crippen LogP contribution in [0.2, 0.25) is 0 Å². The molecule has 0 radical (unpaired) electrons. The molecule has 0 aromatic heterocycles. The van der Waals surface area contributed by atoms with Crippen molar-refractivity contribution in [3.63, 3.8) is 0 Å². The highest BCUT2D eigenvalue weighted by Gasteiger charge is 2.74. The zero-order valence-electron chi connectivity index (χ0n) is 11.6. The lowest BCUT2D eigenvalue weighted by Crippen LogP contribution is -2.79. The fraction of sp³-hybridized carbons (Fsp3) is 0.933. The van der Waals surface area contributed by atoms with Gasteiger partial charge in [-0.05, 0) is 32.1 Å². The molecule has 0 aromatic rings. The highest BCUT2D eigenvalue weighted by atomic mass is 16.6. The van der Waals surface area contributed by atoms with E-state index in [1.807, 2.05) is 0 Å². The van der Waals surface area contributed by atoms with Gasteiger partial charge in [-0.2, -0.15) is 0 Å². The Hall–Kier alpha value is -0.610. The average molecular weight is 268 g/mol. The Morgan fingerprint density at radius 3 is 2.32 bits per heavy atom. The van der Waals surface area contributed by atoms with E-state index in [-0.39, 0.29) is 17.8 Å². The fourth-order valence-corrected chi connectivity index (χ4v) is 5.06. The molecule has 0 saturated heterocycles. The molecule has 3 saturated carbocycles. The molecular weight excluding hydrogens is 244 g/mol. The SMILES string of the molecule is CC(=O)O[C@@]12CCCC[C@@H]1[C@]1(O)[C@@H]2CCCC[C@@H]1O. The number of aliphatic hydroxyl groups is 2. The predicted molar refractivity (Wildman–Crippen MR) is 69.4 cm³/mol. The van der Waals surface area contributed by atoms with E-state index in [4.69, 9.17) is 4.74 Å². The molecule has 4 nitrogen and oxygen atoms in total. The molecule has 0 aromatic carbocycles. The van der Waals surface area contributed by atoms with E-state index in [1.54, 1.807) is 0 Å². The lowest BCUT2D eigenvalue weighted by atomic mass is 9.44. The lowest BCUT2D eigenvalue weighted by Gasteiger charge is -2.67. The topological polar surface area (TPSA) is 66.8 Å². The minimum absolute atomic E-state index is 0.0734. The smallest absolute Gasteiger partial charge is 0.303 e. The fourth-order valence-electron chi connectivity index (χ4n) is 5.06. The summed E-state index contributed by atoms with van der Waals surface area (Å²) in [6, 6.07) is 0. The predicted octanol–water partition coefficient (Wildman–Crippen LogP) is 1.77. The molecule has 0 heterocycles. The Bertz CT molecular complexity index is 382. The standard InChI is InChI=1S/C15H24O4/c1-10(16)19-14-9-5-4-7-12(14)15(18)11(14)6-2-3-8-13(15)17/h11-13,17-18H,2-9H2,1H3/t11-,12+,13+,14-,15-/m1/s1. The van der Waals surface area contributed by atoms with Gasteiger partial charge in [0.05, 0.1) is 6.10 Å². The molecule has 0 spiro atoms. The molecule has 3 aliphatic rings. The summed E-state index contributed by atoms with van der Waals surface area (Å²) in [5.41, 5.74) is -1.52. The van der Waals surface area contributed by atoms with Crippen molar-refractivity contribution in [2.24, 2.45) is 11.8 Å². The maximum absolute atomic E-state index is 11.5. The number of ether oxygens (including phenoxy) is 1. The summed E-state index contributed by atoms with van der Waals surface area (Å²) in [6.45, 7) is 1.45. The van der Waals surface area contributed by atoms with Gasteiger partial charge >= 0.3 is 5.97 Å². The Labute approximate surface area is 114 Å². The highest BCUT2D eigenvalue weighted by molar-refractivity contribution is 5.67. The van der Waals surface area contributed by atoms with Gasteiger partial charge in [-0.3, -0.25) is 4.79 Å². The molecule has 0 aliphatic heterocycles. The minimum Gasteiger partial charge on any atom is -0.458 e. The number of esters is 1. The van der Waals surface area contributed by atoms with Gasteiger partial charge in [0.2, 0.25) is 0 Å². The first-order valence-electron chi connectivity index (χ1n) is 7.62. The lowest BCUT2D eigenvalue weighted by molar-refractivity contribution is -0.333. The second kappa shape index (κ2) is 4.45. The van der Waals surface area contributed by atoms with E-state index in [2.05, 4.69) is 0 Å². The van der Waals surface area contributed by atoms with Gasteiger partial charge in [0.1, 0.15) is 11.2 Å². The van der Waals surface area contributed by atoms with E-state index < -0.39 is 17.3 Å². The Kier molecular flexibility index (Phi) is 3.13. The van der Waals surface area contributed by atoms with Crippen LogP contribution in [0.25, 0.3) is 0 Å². The largest absolute Gasteiger partial charge is 0.458 e. The summed E-state index contributed by atoms with van der Waals surface area (Å²) in [5.74, 6) is -0.407. The van der Waals surface area contributed by atoms with E-state index in [9.17, 15) is 15.0 Å². The molecule has 0 bridgehead atoms. The first-order chi connectivity index (χ1) is 9.02. The molecule has 4 heteroatoms. The van der Waals surface area contributed by atoms with Crippen molar-refractivity contribution in [1.29, 1.82) is 0 Å². The van der Waals surface area contributed by atoms with Gasteiger partial charge in [-0.15, -0.1) is 0 Å². The maximum atomic E-state index is 11.5. The van der Waals surface area contributed by atoms with Crippen LogP contribution in [0.4, 0.5) is 0 Å². The zero-order valence-corrected chi connectivity index (χ0v) is 11.6. The van der Waals surface area contributed by atoms with E-state index in [1.165, 1.54) is 6.92 Å². The number of rotatable bonds is 1. The summed E-state index contributed by atoms with van der Waals surface area (Å²) >= 11 is 0. The molecule has 108 valence electrons. The quantitative estimate of drug-likeness (QED) is 0.711. The number of hydrogen-bond donors (Lipinski definition) is 2. The van der Waals surface area contributed by atoms with Crippen molar-refractivity contribution >= 4 is 5.97 Å². The van der Waals surface area contributed by atoms with Gasteiger partial charge in [0.15, 0.2) is 0 Å². The monoisotopic (exact) mass is 268 g/mol. The number of hydrogen-bond acceptors (Lipinski definition) is 4. The third-order valence-corrected chi connectivity index (χ3v) is 5.69. The van der Waals surface area contributed by atoms with Crippen LogP contribution in [0.1, 0.15) is 58.3 Å². The van der Waals surface area contributed by atoms with Crippen molar-refractivity contribution in [2.75, 3.05) is 0 Å². The van der Waals surface area contributed by atoms with Crippen LogP contribution in [0.15, 0.2) is 0 Å². The summed E-state index contributed by atoms with van der Waals surface area (Å²) in [5, 5.41) is 21.3. The van der Waals surface area contributed by atoms with Crippen molar-refractivity contribution in [1.82, 2.24) is 0 Å². The normalized spacial score (nSPS) is 49.3. The second-order valence-corrected chi connectivity index (χ2v) is 6.59. The van der Waals surface area contributed by atoms with Gasteiger partial charge < -0.3 is 14.9 Å². The number of aliphatic hydroxyl groups excluding tert-OH is 1. The Balaban J connectivity index is 1.95. The molecule has 3 aliphatic carbocycles. The van der Waals surface area contributed by atoms with Crippen LogP contribution in [-0.2, 0) is 9.53 Å². The van der Waals surface area contributed by atoms with Crippen LogP contribution < -0.4 is 0 Å². The van der Waals surface area contributed by atoms with Crippen LogP contribution in [0, 0.1) is 11.8 Å².